The van der Waals surface area contributed by atoms with E-state index in [0.717, 1.165) is 0 Å². The van der Waals surface area contributed by atoms with E-state index in [1.807, 2.05) is 21.1 Å². The Labute approximate surface area is 189 Å². The first-order chi connectivity index (χ1) is 15.0. The van der Waals surface area contributed by atoms with Gasteiger partial charge < -0.3 is 25.5 Å². The maximum absolute atomic E-state index is 12.9. The summed E-state index contributed by atoms with van der Waals surface area (Å²) in [7, 11) is 5.84. The fourth-order valence-corrected chi connectivity index (χ4v) is 4.72. The molecule has 12 nitrogen and oxygen atoms in total. The minimum absolute atomic E-state index is 0.0142. The number of nitrogens with one attached hydrogen (secondary N) is 1. The number of fused-ring (bicyclic) bond motifs is 1. The van der Waals surface area contributed by atoms with Crippen molar-refractivity contribution >= 4 is 41.1 Å². The molecule has 0 bridgehead atoms. The topological polar surface area (TPSA) is 160 Å². The summed E-state index contributed by atoms with van der Waals surface area (Å²) in [5.41, 5.74) is 6.10. The van der Waals surface area contributed by atoms with Gasteiger partial charge in [0.1, 0.15) is 36.1 Å². The number of carbonyl (C=O) groups excluding carboxylic acids is 2. The van der Waals surface area contributed by atoms with Crippen LogP contribution in [-0.4, -0.2) is 99.4 Å². The van der Waals surface area contributed by atoms with Crippen molar-refractivity contribution in [3.8, 4) is 0 Å². The quantitative estimate of drug-likeness (QED) is 0.194. The van der Waals surface area contributed by atoms with Gasteiger partial charge in [-0.2, -0.15) is 0 Å². The van der Waals surface area contributed by atoms with E-state index in [0.29, 0.717) is 22.4 Å². The van der Waals surface area contributed by atoms with Crippen LogP contribution in [0.4, 0.5) is 5.82 Å². The normalized spacial score (nSPS) is 21.1. The van der Waals surface area contributed by atoms with Crippen LogP contribution in [0.25, 0.3) is 0 Å². The SMILES string of the molecule is CCO/N=C(/C(=O)NC1C(=O)N2C(C(=O)O)=C(C[N+](C)(C)C)CS[C@H]12)c1nccc(N)n1. The highest BCUT2D eigenvalue weighted by atomic mass is 32.2. The van der Waals surface area contributed by atoms with E-state index in [1.165, 1.54) is 28.9 Å². The Hall–Kier alpha value is -3.19. The van der Waals surface area contributed by atoms with Gasteiger partial charge in [0.05, 0.1) is 21.1 Å². The van der Waals surface area contributed by atoms with Crippen molar-refractivity contribution in [3.05, 3.63) is 29.4 Å². The molecular formula is C19H26N7O5S+. The molecule has 0 saturated carbocycles. The summed E-state index contributed by atoms with van der Waals surface area (Å²) in [6, 6.07) is 0.541. The van der Waals surface area contributed by atoms with E-state index in [1.54, 1.807) is 6.92 Å². The molecule has 2 aliphatic rings. The number of aromatic nitrogens is 2. The van der Waals surface area contributed by atoms with Gasteiger partial charge in [-0.3, -0.25) is 14.5 Å². The van der Waals surface area contributed by atoms with Crippen LogP contribution in [0.3, 0.4) is 0 Å². The van der Waals surface area contributed by atoms with Crippen molar-refractivity contribution in [1.29, 1.82) is 0 Å². The maximum atomic E-state index is 12.9. The smallest absolute Gasteiger partial charge is 0.352 e. The van der Waals surface area contributed by atoms with Crippen LogP contribution in [-0.2, 0) is 19.2 Å². The minimum Gasteiger partial charge on any atom is -0.477 e. The standard InChI is InChI=1S/C19H25N7O5S/c1-5-31-24-12(15-21-7-6-11(20)22-15)16(27)23-13-17(28)25-14(19(29)30)10(8-26(2,3)4)9-32-18(13)25/h6-7,13,18H,5,8-9H2,1-4H3,(H3-,20,21,22,23,27,29,30)/p+1/b24-12+/t13?,18-/m1/s1. The average molecular weight is 465 g/mol. The molecule has 1 saturated heterocycles. The molecule has 3 heterocycles. The summed E-state index contributed by atoms with van der Waals surface area (Å²) in [5.74, 6) is -1.86. The van der Waals surface area contributed by atoms with Crippen molar-refractivity contribution in [2.45, 2.75) is 18.3 Å². The number of carbonyl (C=O) groups is 3. The molecule has 4 N–H and O–H groups in total. The highest BCUT2D eigenvalue weighted by Gasteiger charge is 2.54. The van der Waals surface area contributed by atoms with Gasteiger partial charge in [0.25, 0.3) is 11.8 Å². The van der Waals surface area contributed by atoms with Crippen LogP contribution in [0.2, 0.25) is 0 Å². The summed E-state index contributed by atoms with van der Waals surface area (Å²) in [5, 5.41) is 15.6. The monoisotopic (exact) mass is 464 g/mol. The number of rotatable bonds is 8. The fourth-order valence-electron chi connectivity index (χ4n) is 3.39. The zero-order chi connectivity index (χ0) is 23.6. The van der Waals surface area contributed by atoms with E-state index in [9.17, 15) is 19.5 Å². The summed E-state index contributed by atoms with van der Waals surface area (Å²) >= 11 is 1.40. The Bertz CT molecular complexity index is 1000. The molecule has 1 aromatic rings. The molecule has 32 heavy (non-hydrogen) atoms. The van der Waals surface area contributed by atoms with Crippen molar-refractivity contribution in [1.82, 2.24) is 20.2 Å². The molecular weight excluding hydrogens is 438 g/mol. The van der Waals surface area contributed by atoms with Gasteiger partial charge in [0.2, 0.25) is 5.71 Å². The summed E-state index contributed by atoms with van der Waals surface area (Å²) < 4.78 is 0.525. The number of thioether (sulfide) groups is 1. The Morgan fingerprint density at radius 1 is 1.44 bits per heavy atom. The number of nitrogens with two attached hydrogens (primary N) is 1. The third-order valence-electron chi connectivity index (χ3n) is 4.59. The average Bonchev–Trinajstić information content (AvgIpc) is 2.70. The fraction of sp³-hybridized carbons (Fsp3) is 0.474. The van der Waals surface area contributed by atoms with Gasteiger partial charge in [0, 0.05) is 17.5 Å². The maximum Gasteiger partial charge on any atom is 0.352 e. The van der Waals surface area contributed by atoms with Gasteiger partial charge in [0.15, 0.2) is 5.82 Å². The number of oxime groups is 1. The molecule has 0 radical (unpaired) electrons. The third kappa shape index (κ3) is 4.83. The van der Waals surface area contributed by atoms with Gasteiger partial charge in [-0.1, -0.05) is 5.16 Å². The van der Waals surface area contributed by atoms with Crippen LogP contribution in [0.15, 0.2) is 28.7 Å². The lowest BCUT2D eigenvalue weighted by Gasteiger charge is -2.49. The molecule has 0 spiro atoms. The third-order valence-corrected chi connectivity index (χ3v) is 5.93. The van der Waals surface area contributed by atoms with Crippen molar-refractivity contribution in [2.75, 3.05) is 45.8 Å². The van der Waals surface area contributed by atoms with Crippen LogP contribution >= 0.6 is 11.8 Å². The van der Waals surface area contributed by atoms with Crippen molar-refractivity contribution in [3.63, 3.8) is 0 Å². The highest BCUT2D eigenvalue weighted by molar-refractivity contribution is 8.00. The molecule has 2 aliphatic heterocycles. The molecule has 172 valence electrons. The lowest BCUT2D eigenvalue weighted by atomic mass is 10.0. The van der Waals surface area contributed by atoms with Gasteiger partial charge >= 0.3 is 5.97 Å². The number of carboxylic acids is 1. The molecule has 3 rings (SSSR count). The molecule has 2 amide bonds. The minimum atomic E-state index is -1.16. The zero-order valence-corrected chi connectivity index (χ0v) is 19.0. The number of likely N-dealkylation sites (N-methyl/N-ethyl adjacent to an activating group) is 1. The predicted molar refractivity (Wildman–Crippen MR) is 117 cm³/mol. The molecule has 1 fully saturated rings. The number of nitrogen functional groups attached to an aromatic ring is 1. The van der Waals surface area contributed by atoms with Crippen LogP contribution in [0.5, 0.6) is 0 Å². The number of hydrogen-bond acceptors (Lipinski definition) is 9. The molecule has 2 atom stereocenters. The molecule has 13 heteroatoms. The molecule has 1 aromatic heterocycles. The lowest BCUT2D eigenvalue weighted by molar-refractivity contribution is -0.865. The number of hydrogen-bond donors (Lipinski definition) is 3. The number of carboxylic acid groups (broad SMARTS) is 1. The van der Waals surface area contributed by atoms with Crippen LogP contribution in [0, 0.1) is 0 Å². The summed E-state index contributed by atoms with van der Waals surface area (Å²) in [6.07, 6.45) is 1.37. The van der Waals surface area contributed by atoms with E-state index in [4.69, 9.17) is 10.6 Å². The highest BCUT2D eigenvalue weighted by Crippen LogP contribution is 2.40. The van der Waals surface area contributed by atoms with E-state index in [2.05, 4.69) is 20.4 Å². The molecule has 1 unspecified atom stereocenters. The van der Waals surface area contributed by atoms with Gasteiger partial charge in [-0.25, -0.2) is 14.8 Å². The Morgan fingerprint density at radius 3 is 2.75 bits per heavy atom. The second-order valence-electron chi connectivity index (χ2n) is 8.23. The lowest BCUT2D eigenvalue weighted by Crippen LogP contribution is -2.71. The number of nitrogens with zero attached hydrogens (tertiary/aromatic N) is 5. The molecule has 0 aliphatic carbocycles. The number of amides is 2. The first-order valence-corrected chi connectivity index (χ1v) is 10.9. The van der Waals surface area contributed by atoms with Gasteiger partial charge in [-0.15, -0.1) is 11.8 Å². The largest absolute Gasteiger partial charge is 0.477 e. The predicted octanol–water partition coefficient (Wildman–Crippen LogP) is -0.756. The number of quaternary nitrogens is 1. The van der Waals surface area contributed by atoms with Gasteiger partial charge in [-0.05, 0) is 13.0 Å². The van der Waals surface area contributed by atoms with E-state index >= 15 is 0 Å². The summed E-state index contributed by atoms with van der Waals surface area (Å²) in [4.78, 5) is 51.9. The first-order valence-electron chi connectivity index (χ1n) is 9.83. The Morgan fingerprint density at radius 2 is 2.16 bits per heavy atom. The number of anilines is 1. The zero-order valence-electron chi connectivity index (χ0n) is 18.2. The first kappa shape index (κ1) is 23.5. The number of β-lactam (4-membered cyclic amide) rings is 1. The molecule has 0 aromatic carbocycles. The van der Waals surface area contributed by atoms with Crippen LogP contribution in [0.1, 0.15) is 12.7 Å². The second kappa shape index (κ2) is 9.12. The Kier molecular flexibility index (Phi) is 6.69. The van der Waals surface area contributed by atoms with Crippen molar-refractivity contribution in [2.24, 2.45) is 5.16 Å². The van der Waals surface area contributed by atoms with E-state index < -0.39 is 29.2 Å². The van der Waals surface area contributed by atoms with E-state index in [-0.39, 0.29) is 29.7 Å². The number of aliphatic carboxylic acids is 1. The summed E-state index contributed by atoms with van der Waals surface area (Å²) in [6.45, 7) is 2.38. The van der Waals surface area contributed by atoms with Crippen molar-refractivity contribution < 1.29 is 28.8 Å². The van der Waals surface area contributed by atoms with Crippen LogP contribution < -0.4 is 11.1 Å². The second-order valence-corrected chi connectivity index (χ2v) is 9.33. The Balaban J connectivity index is 1.82.